The average molecular weight is 326 g/mol. The molecule has 0 unspecified atom stereocenters. The van der Waals surface area contributed by atoms with Crippen LogP contribution in [0.3, 0.4) is 0 Å². The first-order valence-corrected chi connectivity index (χ1v) is 8.15. The molecule has 24 heavy (non-hydrogen) atoms. The predicted octanol–water partition coefficient (Wildman–Crippen LogP) is 1.46. The van der Waals surface area contributed by atoms with Gasteiger partial charge in [-0.05, 0) is 26.2 Å². The fraction of sp³-hybridized carbons (Fsp3) is 0.412. The van der Waals surface area contributed by atoms with E-state index in [9.17, 15) is 0 Å². The monoisotopic (exact) mass is 326 g/mol. The molecule has 4 heterocycles. The fourth-order valence-electron chi connectivity index (χ4n) is 3.44. The second-order valence-corrected chi connectivity index (χ2v) is 6.53. The molecule has 0 radical (unpaired) electrons. The number of nitrogen functional groups attached to an aromatic ring is 1. The molecule has 126 valence electrons. The Morgan fingerprint density at radius 3 is 3.12 bits per heavy atom. The SMILES string of the molecule is CN(C)C[C@@H]1CN(c2ccnc3[nH]c4cnc(N)cc4c23)CCO1. The Labute approximate surface area is 140 Å². The number of nitrogens with zero attached hydrogens (tertiary/aromatic N) is 4. The number of ether oxygens (including phenoxy) is 1. The molecule has 1 atom stereocenters. The van der Waals surface area contributed by atoms with Crippen molar-refractivity contribution in [2.75, 3.05) is 51.0 Å². The molecule has 1 fully saturated rings. The van der Waals surface area contributed by atoms with Gasteiger partial charge >= 0.3 is 0 Å². The van der Waals surface area contributed by atoms with Gasteiger partial charge in [0.1, 0.15) is 11.5 Å². The van der Waals surface area contributed by atoms with Crippen molar-refractivity contribution in [3.8, 4) is 0 Å². The molecule has 7 nitrogen and oxygen atoms in total. The molecular formula is C17H22N6O. The number of aromatic amines is 1. The third-order valence-corrected chi connectivity index (χ3v) is 4.42. The Morgan fingerprint density at radius 1 is 1.42 bits per heavy atom. The normalized spacial score (nSPS) is 18.8. The number of pyridine rings is 2. The van der Waals surface area contributed by atoms with Crippen LogP contribution in [0.15, 0.2) is 24.5 Å². The van der Waals surface area contributed by atoms with Gasteiger partial charge < -0.3 is 25.3 Å². The standard InChI is InChI=1S/C17H22N6O/c1-22(2)9-11-10-23(5-6-24-11)14-3-4-19-17-16(14)12-7-15(18)20-8-13(12)21-17/h3-4,7-8,11H,5-6,9-10H2,1-2H3,(H2,18,20)(H,19,21)/t11-/m1/s1. The predicted molar refractivity (Wildman–Crippen MR) is 96.3 cm³/mol. The Morgan fingerprint density at radius 2 is 2.29 bits per heavy atom. The van der Waals surface area contributed by atoms with Crippen LogP contribution in [0.25, 0.3) is 21.9 Å². The van der Waals surface area contributed by atoms with Gasteiger partial charge in [0.15, 0.2) is 0 Å². The van der Waals surface area contributed by atoms with E-state index >= 15 is 0 Å². The van der Waals surface area contributed by atoms with Gasteiger partial charge in [0.05, 0.1) is 35.5 Å². The average Bonchev–Trinajstić information content (AvgIpc) is 2.92. The molecule has 1 aliphatic heterocycles. The Bertz CT molecular complexity index is 874. The van der Waals surface area contributed by atoms with Crippen molar-refractivity contribution in [1.29, 1.82) is 0 Å². The van der Waals surface area contributed by atoms with E-state index in [2.05, 4.69) is 44.9 Å². The molecule has 3 N–H and O–H groups in total. The van der Waals surface area contributed by atoms with E-state index in [4.69, 9.17) is 10.5 Å². The van der Waals surface area contributed by atoms with Gasteiger partial charge in [-0.15, -0.1) is 0 Å². The lowest BCUT2D eigenvalue weighted by molar-refractivity contribution is 0.0248. The van der Waals surface area contributed by atoms with Gasteiger partial charge in [-0.3, -0.25) is 0 Å². The highest BCUT2D eigenvalue weighted by molar-refractivity contribution is 6.12. The minimum absolute atomic E-state index is 0.203. The van der Waals surface area contributed by atoms with Crippen LogP contribution < -0.4 is 10.6 Å². The third-order valence-electron chi connectivity index (χ3n) is 4.42. The third kappa shape index (κ3) is 2.65. The van der Waals surface area contributed by atoms with Crippen LogP contribution in [0.5, 0.6) is 0 Å². The fourth-order valence-corrected chi connectivity index (χ4v) is 3.44. The molecule has 1 aliphatic rings. The zero-order valence-corrected chi connectivity index (χ0v) is 14.0. The summed E-state index contributed by atoms with van der Waals surface area (Å²) < 4.78 is 5.90. The summed E-state index contributed by atoms with van der Waals surface area (Å²) in [6.07, 6.45) is 3.82. The van der Waals surface area contributed by atoms with Gasteiger partial charge in [-0.1, -0.05) is 0 Å². The minimum Gasteiger partial charge on any atom is -0.384 e. The van der Waals surface area contributed by atoms with Gasteiger partial charge in [-0.25, -0.2) is 9.97 Å². The molecule has 0 spiro atoms. The van der Waals surface area contributed by atoms with E-state index in [0.29, 0.717) is 5.82 Å². The van der Waals surface area contributed by atoms with E-state index < -0.39 is 0 Å². The van der Waals surface area contributed by atoms with Crippen LogP contribution in [-0.4, -0.2) is 66.3 Å². The number of H-pyrrole nitrogens is 1. The minimum atomic E-state index is 0.203. The Hall–Kier alpha value is -2.38. The molecule has 0 saturated carbocycles. The van der Waals surface area contributed by atoms with Gasteiger partial charge in [0, 0.05) is 31.2 Å². The van der Waals surface area contributed by atoms with Crippen LogP contribution in [-0.2, 0) is 4.74 Å². The van der Waals surface area contributed by atoms with E-state index in [-0.39, 0.29) is 6.10 Å². The molecule has 0 aliphatic carbocycles. The number of nitrogens with two attached hydrogens (primary N) is 1. The summed E-state index contributed by atoms with van der Waals surface area (Å²) in [5, 5.41) is 2.17. The number of likely N-dealkylation sites (N-methyl/N-ethyl adjacent to an activating group) is 1. The number of hydrogen-bond acceptors (Lipinski definition) is 6. The van der Waals surface area contributed by atoms with Crippen molar-refractivity contribution in [2.45, 2.75) is 6.10 Å². The lowest BCUT2D eigenvalue weighted by atomic mass is 10.1. The van der Waals surface area contributed by atoms with Crippen LogP contribution >= 0.6 is 0 Å². The van der Waals surface area contributed by atoms with Crippen molar-refractivity contribution in [2.24, 2.45) is 0 Å². The maximum absolute atomic E-state index is 5.90. The summed E-state index contributed by atoms with van der Waals surface area (Å²) >= 11 is 0. The molecule has 3 aromatic heterocycles. The van der Waals surface area contributed by atoms with Gasteiger partial charge in [0.2, 0.25) is 0 Å². The Kier molecular flexibility index (Phi) is 3.74. The highest BCUT2D eigenvalue weighted by Gasteiger charge is 2.23. The smallest absolute Gasteiger partial charge is 0.140 e. The lowest BCUT2D eigenvalue weighted by Gasteiger charge is -2.36. The zero-order valence-electron chi connectivity index (χ0n) is 14.0. The van der Waals surface area contributed by atoms with E-state index in [1.165, 1.54) is 5.69 Å². The number of anilines is 2. The summed E-state index contributed by atoms with van der Waals surface area (Å²) in [5.41, 5.74) is 8.89. The van der Waals surface area contributed by atoms with Crippen LogP contribution in [0.2, 0.25) is 0 Å². The number of morpholine rings is 1. The second kappa shape index (κ2) is 5.92. The largest absolute Gasteiger partial charge is 0.384 e. The molecule has 4 rings (SSSR count). The van der Waals surface area contributed by atoms with Crippen molar-refractivity contribution in [3.05, 3.63) is 24.5 Å². The summed E-state index contributed by atoms with van der Waals surface area (Å²) in [7, 11) is 4.14. The number of hydrogen-bond donors (Lipinski definition) is 2. The molecule has 1 saturated heterocycles. The first kappa shape index (κ1) is 15.2. The van der Waals surface area contributed by atoms with Crippen LogP contribution in [0.4, 0.5) is 11.5 Å². The molecule has 0 amide bonds. The first-order valence-electron chi connectivity index (χ1n) is 8.15. The molecule has 0 bridgehead atoms. The molecule has 3 aromatic rings. The molecule has 0 aromatic carbocycles. The van der Waals surface area contributed by atoms with E-state index in [0.717, 1.165) is 48.2 Å². The summed E-state index contributed by atoms with van der Waals surface area (Å²) in [4.78, 5) is 16.5. The lowest BCUT2D eigenvalue weighted by Crippen LogP contribution is -2.46. The number of aromatic nitrogens is 3. The van der Waals surface area contributed by atoms with E-state index in [1.807, 2.05) is 12.3 Å². The number of nitrogens with one attached hydrogen (secondary N) is 1. The maximum atomic E-state index is 5.90. The summed E-state index contributed by atoms with van der Waals surface area (Å²) in [5.74, 6) is 0.519. The quantitative estimate of drug-likeness (QED) is 0.758. The summed E-state index contributed by atoms with van der Waals surface area (Å²) in [6, 6.07) is 3.99. The first-order chi connectivity index (χ1) is 11.6. The van der Waals surface area contributed by atoms with Crippen molar-refractivity contribution in [1.82, 2.24) is 19.9 Å². The zero-order chi connectivity index (χ0) is 16.7. The van der Waals surface area contributed by atoms with Gasteiger partial charge in [0.25, 0.3) is 0 Å². The van der Waals surface area contributed by atoms with Gasteiger partial charge in [-0.2, -0.15) is 0 Å². The molecule has 7 heteroatoms. The topological polar surface area (TPSA) is 83.3 Å². The van der Waals surface area contributed by atoms with E-state index in [1.54, 1.807) is 6.20 Å². The van der Waals surface area contributed by atoms with Crippen LogP contribution in [0.1, 0.15) is 0 Å². The van der Waals surface area contributed by atoms with Crippen molar-refractivity contribution < 1.29 is 4.74 Å². The highest BCUT2D eigenvalue weighted by atomic mass is 16.5. The number of fused-ring (bicyclic) bond motifs is 3. The second-order valence-electron chi connectivity index (χ2n) is 6.53. The molecular weight excluding hydrogens is 304 g/mol. The maximum Gasteiger partial charge on any atom is 0.140 e. The van der Waals surface area contributed by atoms with Crippen LogP contribution in [0, 0.1) is 0 Å². The Balaban J connectivity index is 1.78. The van der Waals surface area contributed by atoms with Crippen molar-refractivity contribution >= 4 is 33.4 Å². The summed E-state index contributed by atoms with van der Waals surface area (Å²) in [6.45, 7) is 3.38. The van der Waals surface area contributed by atoms with Crippen molar-refractivity contribution in [3.63, 3.8) is 0 Å². The number of rotatable bonds is 3. The highest BCUT2D eigenvalue weighted by Crippen LogP contribution is 2.33.